The summed E-state index contributed by atoms with van der Waals surface area (Å²) in [4.78, 5) is 26.2. The van der Waals surface area contributed by atoms with Gasteiger partial charge >= 0.3 is 6.36 Å². The number of aromatic nitrogens is 1. The highest BCUT2D eigenvalue weighted by molar-refractivity contribution is 6.02. The second-order valence-corrected chi connectivity index (χ2v) is 8.32. The van der Waals surface area contributed by atoms with Crippen molar-refractivity contribution in [1.82, 2.24) is 9.47 Å². The van der Waals surface area contributed by atoms with E-state index in [1.807, 2.05) is 16.4 Å². The van der Waals surface area contributed by atoms with Crippen molar-refractivity contribution in [2.45, 2.75) is 65.3 Å². The molecule has 180 valence electrons. The Morgan fingerprint density at radius 2 is 1.97 bits per heavy atom. The average molecular weight is 466 g/mol. The number of benzene rings is 1. The molecule has 1 fully saturated rings. The quantitative estimate of drug-likeness (QED) is 0.547. The van der Waals surface area contributed by atoms with Crippen molar-refractivity contribution >= 4 is 11.8 Å². The number of amides is 2. The van der Waals surface area contributed by atoms with E-state index in [9.17, 15) is 22.8 Å². The summed E-state index contributed by atoms with van der Waals surface area (Å²) >= 11 is 0. The molecule has 0 radical (unpaired) electrons. The molecule has 0 saturated carbocycles. The Morgan fingerprint density at radius 1 is 1.21 bits per heavy atom. The average Bonchev–Trinajstić information content (AvgIpc) is 3.26. The molecule has 1 aliphatic heterocycles. The molecule has 0 atom stereocenters. The normalized spacial score (nSPS) is 14.2. The Balaban J connectivity index is 2.01. The summed E-state index contributed by atoms with van der Waals surface area (Å²) < 4.78 is 44.4. The smallest absolute Gasteiger partial charge is 0.406 e. The lowest BCUT2D eigenvalue weighted by molar-refractivity contribution is -0.274. The van der Waals surface area contributed by atoms with Crippen molar-refractivity contribution < 1.29 is 27.5 Å². The summed E-state index contributed by atoms with van der Waals surface area (Å²) in [5.41, 5.74) is 8.59. The molecule has 2 heterocycles. The fraction of sp³-hybridized carbons (Fsp3) is 0.500. The van der Waals surface area contributed by atoms with Gasteiger partial charge < -0.3 is 19.9 Å². The number of unbranched alkanes of at least 4 members (excludes halogenated alkanes) is 1. The number of primary amides is 1. The summed E-state index contributed by atoms with van der Waals surface area (Å²) in [6, 6.07) is 5.64. The Kier molecular flexibility index (Phi) is 7.71. The number of carbonyl (C=O) groups is 2. The Labute approximate surface area is 191 Å². The SMILES string of the molecule is CCCCc1c(-c2cccc(OC(F)(F)F)c2)c(C(N)=O)c(C)n1CCCN1CCCC1=O. The number of nitrogens with two attached hydrogens (primary N) is 1. The van der Waals surface area contributed by atoms with Gasteiger partial charge in [0.05, 0.1) is 5.56 Å². The first-order chi connectivity index (χ1) is 15.6. The Morgan fingerprint density at radius 3 is 2.58 bits per heavy atom. The van der Waals surface area contributed by atoms with Gasteiger partial charge in [-0.2, -0.15) is 0 Å². The third kappa shape index (κ3) is 5.89. The lowest BCUT2D eigenvalue weighted by Gasteiger charge is -2.18. The summed E-state index contributed by atoms with van der Waals surface area (Å²) in [5.74, 6) is -0.823. The molecule has 0 aliphatic carbocycles. The molecular formula is C24H30F3N3O3. The second kappa shape index (κ2) is 10.3. The highest BCUT2D eigenvalue weighted by Crippen LogP contribution is 2.36. The van der Waals surface area contributed by atoms with Crippen molar-refractivity contribution in [1.29, 1.82) is 0 Å². The minimum atomic E-state index is -4.81. The molecule has 0 spiro atoms. The van der Waals surface area contributed by atoms with Crippen molar-refractivity contribution in [3.8, 4) is 16.9 Å². The fourth-order valence-corrected chi connectivity index (χ4v) is 4.53. The first-order valence-electron chi connectivity index (χ1n) is 11.3. The number of hydrogen-bond acceptors (Lipinski definition) is 3. The van der Waals surface area contributed by atoms with E-state index in [0.717, 1.165) is 31.5 Å². The van der Waals surface area contributed by atoms with Crippen LogP contribution < -0.4 is 10.5 Å². The number of ether oxygens (including phenoxy) is 1. The summed E-state index contributed by atoms with van der Waals surface area (Å²) in [6.07, 6.45) is -0.258. The third-order valence-corrected chi connectivity index (χ3v) is 5.98. The van der Waals surface area contributed by atoms with Crippen molar-refractivity contribution in [3.63, 3.8) is 0 Å². The number of carbonyl (C=O) groups excluding carboxylic acids is 2. The molecular weight excluding hydrogens is 435 g/mol. The molecule has 1 aliphatic rings. The van der Waals surface area contributed by atoms with Crippen LogP contribution in [0, 0.1) is 6.92 Å². The van der Waals surface area contributed by atoms with Crippen LogP contribution in [0.25, 0.3) is 11.1 Å². The maximum absolute atomic E-state index is 12.8. The molecule has 2 aromatic rings. The standard InChI is InChI=1S/C24H30F3N3O3/c1-3-4-10-19-22(17-8-5-9-18(15-17)33-24(25,26)27)21(23(28)32)16(2)30(19)14-7-13-29-12-6-11-20(29)31/h5,8-9,15H,3-4,6-7,10-14H2,1-2H3,(H2,28,32). The van der Waals surface area contributed by atoms with Crippen LogP contribution in [0.2, 0.25) is 0 Å². The summed E-state index contributed by atoms with van der Waals surface area (Å²) in [7, 11) is 0. The summed E-state index contributed by atoms with van der Waals surface area (Å²) in [6.45, 7) is 5.81. The van der Waals surface area contributed by atoms with Gasteiger partial charge in [0.25, 0.3) is 5.91 Å². The molecule has 0 unspecified atom stereocenters. The van der Waals surface area contributed by atoms with Crippen molar-refractivity contribution in [2.75, 3.05) is 13.1 Å². The Bertz CT molecular complexity index is 1010. The second-order valence-electron chi connectivity index (χ2n) is 8.32. The van der Waals surface area contributed by atoms with Crippen LogP contribution in [-0.2, 0) is 17.8 Å². The lowest BCUT2D eigenvalue weighted by Crippen LogP contribution is -2.26. The molecule has 0 bridgehead atoms. The highest BCUT2D eigenvalue weighted by Gasteiger charge is 2.32. The number of nitrogens with zero attached hydrogens (tertiary/aromatic N) is 2. The maximum atomic E-state index is 12.8. The van der Waals surface area contributed by atoms with Crippen LogP contribution >= 0.6 is 0 Å². The predicted octanol–water partition coefficient (Wildman–Crippen LogP) is 4.82. The zero-order valence-corrected chi connectivity index (χ0v) is 19.0. The van der Waals surface area contributed by atoms with Crippen LogP contribution in [0.3, 0.4) is 0 Å². The van der Waals surface area contributed by atoms with Gasteiger partial charge in [0.2, 0.25) is 5.91 Å². The lowest BCUT2D eigenvalue weighted by atomic mass is 9.97. The van der Waals surface area contributed by atoms with Gasteiger partial charge in [-0.25, -0.2) is 0 Å². The van der Waals surface area contributed by atoms with Gasteiger partial charge in [-0.1, -0.05) is 25.5 Å². The fourth-order valence-electron chi connectivity index (χ4n) is 4.53. The van der Waals surface area contributed by atoms with E-state index >= 15 is 0 Å². The van der Waals surface area contributed by atoms with E-state index in [0.29, 0.717) is 54.7 Å². The van der Waals surface area contributed by atoms with Gasteiger partial charge in [0.15, 0.2) is 0 Å². The molecule has 2 N–H and O–H groups in total. The van der Waals surface area contributed by atoms with Crippen LogP contribution in [0.4, 0.5) is 13.2 Å². The molecule has 33 heavy (non-hydrogen) atoms. The van der Waals surface area contributed by atoms with E-state index in [1.54, 1.807) is 13.0 Å². The number of rotatable bonds is 10. The van der Waals surface area contributed by atoms with Gasteiger partial charge in [-0.05, 0) is 50.3 Å². The molecule has 1 aromatic heterocycles. The number of likely N-dealkylation sites (tertiary alicyclic amines) is 1. The van der Waals surface area contributed by atoms with Crippen LogP contribution in [0.5, 0.6) is 5.75 Å². The monoisotopic (exact) mass is 465 g/mol. The third-order valence-electron chi connectivity index (χ3n) is 5.98. The van der Waals surface area contributed by atoms with Gasteiger partial charge in [0.1, 0.15) is 5.75 Å². The minimum Gasteiger partial charge on any atom is -0.406 e. The number of halogens is 3. The number of alkyl halides is 3. The van der Waals surface area contributed by atoms with E-state index in [-0.39, 0.29) is 11.7 Å². The van der Waals surface area contributed by atoms with E-state index in [1.165, 1.54) is 18.2 Å². The van der Waals surface area contributed by atoms with E-state index < -0.39 is 12.3 Å². The largest absolute Gasteiger partial charge is 0.573 e. The van der Waals surface area contributed by atoms with E-state index in [4.69, 9.17) is 5.73 Å². The Hall–Kier alpha value is -2.97. The van der Waals surface area contributed by atoms with Crippen LogP contribution in [-0.4, -0.2) is 40.7 Å². The highest BCUT2D eigenvalue weighted by atomic mass is 19.4. The predicted molar refractivity (Wildman–Crippen MR) is 119 cm³/mol. The van der Waals surface area contributed by atoms with E-state index in [2.05, 4.69) is 4.74 Å². The van der Waals surface area contributed by atoms with Gasteiger partial charge in [-0.3, -0.25) is 9.59 Å². The molecule has 9 heteroatoms. The van der Waals surface area contributed by atoms with Crippen LogP contribution in [0.15, 0.2) is 24.3 Å². The van der Waals surface area contributed by atoms with Gasteiger partial charge in [0, 0.05) is 43.0 Å². The topological polar surface area (TPSA) is 77.6 Å². The first-order valence-corrected chi connectivity index (χ1v) is 11.3. The first kappa shape index (κ1) is 24.7. The number of hydrogen-bond donors (Lipinski definition) is 1. The molecule has 1 saturated heterocycles. The zero-order chi connectivity index (χ0) is 24.2. The summed E-state index contributed by atoms with van der Waals surface area (Å²) in [5, 5.41) is 0. The molecule has 6 nitrogen and oxygen atoms in total. The van der Waals surface area contributed by atoms with Gasteiger partial charge in [-0.15, -0.1) is 13.2 Å². The molecule has 2 amide bonds. The van der Waals surface area contributed by atoms with Crippen molar-refractivity contribution in [3.05, 3.63) is 41.2 Å². The van der Waals surface area contributed by atoms with Crippen molar-refractivity contribution in [2.24, 2.45) is 5.73 Å². The van der Waals surface area contributed by atoms with Crippen LogP contribution in [0.1, 0.15) is 60.8 Å². The molecule has 1 aromatic carbocycles. The molecule has 3 rings (SSSR count). The maximum Gasteiger partial charge on any atom is 0.573 e. The zero-order valence-electron chi connectivity index (χ0n) is 19.0. The minimum absolute atomic E-state index is 0.158.